The van der Waals surface area contributed by atoms with Gasteiger partial charge in [0, 0.05) is 0 Å². The van der Waals surface area contributed by atoms with Crippen molar-refractivity contribution in [2.24, 2.45) is 0 Å². The van der Waals surface area contributed by atoms with Gasteiger partial charge in [0.15, 0.2) is 0 Å². The van der Waals surface area contributed by atoms with Gasteiger partial charge in [0.2, 0.25) is 0 Å². The van der Waals surface area contributed by atoms with E-state index >= 15 is 0 Å². The van der Waals surface area contributed by atoms with Crippen LogP contribution in [0.4, 0.5) is 22.7 Å². The molecule has 1 fully saturated rings. The summed E-state index contributed by atoms with van der Waals surface area (Å²) in [5.41, 5.74) is 9.32. The summed E-state index contributed by atoms with van der Waals surface area (Å²) in [5, 5.41) is 11.3. The first-order chi connectivity index (χ1) is 25.7. The quantitative estimate of drug-likeness (QED) is 0.0770. The predicted octanol–water partition coefficient (Wildman–Crippen LogP) is 6.59. The van der Waals surface area contributed by atoms with Gasteiger partial charge in [-0.2, -0.15) is 0 Å². The number of hydrogen-bond donors (Lipinski definition) is 0. The van der Waals surface area contributed by atoms with E-state index in [-0.39, 0.29) is 28.4 Å². The topological polar surface area (TPSA) is 96.2 Å². The van der Waals surface area contributed by atoms with Crippen LogP contribution < -0.4 is 31.8 Å². The Hall–Kier alpha value is -4.40. The Bertz CT molecular complexity index is 1970. The Morgan fingerprint density at radius 1 is 0.764 bits per heavy atom. The molecule has 2 heterocycles. The standard InChI is InChI=1S/C27H39N2.C17H12N2O5.ClH.Ru/c1-18(2)22-11-9-12-23(19(3)4)26(22)28-15-16-29(17-28)27-24(20(5)6)13-10-14-25(27)21(7)8;1-10-4-3-5-14-15(10)24-11(2)16(20)18(14)17(21)12-6-8-13(9-7-12)19(22)23;;/h9-14,17-21H,15-16H2,1-8H3;1,3-9,11H,2H3;1H;/q;;;+2/p-1. The zero-order valence-electron chi connectivity index (χ0n) is 33.0. The van der Waals surface area contributed by atoms with Crippen LogP contribution in [0.25, 0.3) is 0 Å². The molecule has 9 nitrogen and oxygen atoms in total. The van der Waals surface area contributed by atoms with Crippen molar-refractivity contribution in [2.45, 2.75) is 96.8 Å². The van der Waals surface area contributed by atoms with Gasteiger partial charge in [-0.1, -0.05) is 0 Å². The summed E-state index contributed by atoms with van der Waals surface area (Å²) in [4.78, 5) is 44.6. The van der Waals surface area contributed by atoms with Crippen molar-refractivity contribution in [3.05, 3.63) is 122 Å². The number of benzene rings is 4. The molecule has 0 N–H and O–H groups in total. The smallest absolute Gasteiger partial charge is 1.00 e. The van der Waals surface area contributed by atoms with Crippen LogP contribution in [0.1, 0.15) is 124 Å². The van der Waals surface area contributed by atoms with Gasteiger partial charge >= 0.3 is 328 Å². The van der Waals surface area contributed by atoms with Gasteiger partial charge in [-0.3, -0.25) is 0 Å². The molecule has 1 atom stereocenters. The number of nitro groups is 1. The molecular formula is C44H51ClN4O5Ru+. The minimum absolute atomic E-state index is 0. The van der Waals surface area contributed by atoms with E-state index in [1.807, 2.05) is 12.1 Å². The zero-order chi connectivity index (χ0) is 39.0. The Labute approximate surface area is 338 Å². The van der Waals surface area contributed by atoms with Gasteiger partial charge in [0.25, 0.3) is 0 Å². The fraction of sp³-hybridized carbons (Fsp3) is 0.386. The Morgan fingerprint density at radius 3 is 1.65 bits per heavy atom. The first kappa shape index (κ1) is 41.8. The third kappa shape index (κ3) is 8.13. The summed E-state index contributed by atoms with van der Waals surface area (Å²) in [6.07, 6.45) is -0.901. The van der Waals surface area contributed by atoms with Gasteiger partial charge in [-0.05, 0) is 0 Å². The average Bonchev–Trinajstić information content (AvgIpc) is 3.56. The first-order valence-corrected chi connectivity index (χ1v) is 20.9. The van der Waals surface area contributed by atoms with Crippen LogP contribution in [0.3, 0.4) is 0 Å². The van der Waals surface area contributed by atoms with Gasteiger partial charge in [-0.15, -0.1) is 0 Å². The molecule has 4 aromatic rings. The molecule has 2 amide bonds. The molecule has 0 saturated carbocycles. The Kier molecular flexibility index (Phi) is 13.0. The van der Waals surface area contributed by atoms with Gasteiger partial charge < -0.3 is 12.4 Å². The van der Waals surface area contributed by atoms with Crippen LogP contribution in [-0.4, -0.2) is 45.3 Å². The van der Waals surface area contributed by atoms with Crippen molar-refractivity contribution in [3.8, 4) is 5.75 Å². The molecule has 2 aliphatic rings. The Morgan fingerprint density at radius 2 is 1.22 bits per heavy atom. The number of para-hydroxylation sites is 3. The zero-order valence-corrected chi connectivity index (χ0v) is 35.5. The van der Waals surface area contributed by atoms with Crippen LogP contribution in [0.2, 0.25) is 0 Å². The van der Waals surface area contributed by atoms with Crippen molar-refractivity contribution in [1.82, 2.24) is 0 Å². The summed E-state index contributed by atoms with van der Waals surface area (Å²) in [5.74, 6) is 0.821. The number of halogens is 1. The fourth-order valence-electron chi connectivity index (χ4n) is 7.47. The SMILES string of the molecule is CC1Oc2c([CH]=[Ru+2][CH]3N(c4c(C(C)C)cccc4C(C)C)CCN3c3c(C(C)C)cccc3C(C)C)cccc2N(C(=O)c2ccc([N+](=O)[O-])cc2)C1=O.[Cl-]. The van der Waals surface area contributed by atoms with Crippen LogP contribution in [0.15, 0.2) is 78.9 Å². The molecule has 1 saturated heterocycles. The second kappa shape index (κ2) is 17.2. The minimum atomic E-state index is -0.901. The Balaban J connectivity index is 0.00000580. The third-order valence-corrected chi connectivity index (χ3v) is 12.7. The molecule has 0 radical (unpaired) electrons. The van der Waals surface area contributed by atoms with E-state index in [1.54, 1.807) is 13.0 Å². The maximum atomic E-state index is 13.9. The van der Waals surface area contributed by atoms with E-state index in [0.29, 0.717) is 35.1 Å². The number of ether oxygens (including phenoxy) is 1. The molecule has 6 rings (SSSR count). The van der Waals surface area contributed by atoms with E-state index in [2.05, 4.69) is 106 Å². The third-order valence-electron chi connectivity index (χ3n) is 10.3. The van der Waals surface area contributed by atoms with E-state index in [9.17, 15) is 19.7 Å². The molecule has 11 heteroatoms. The number of nitrogens with zero attached hydrogens (tertiary/aromatic N) is 4. The normalized spacial score (nSPS) is 16.1. The number of carbonyl (C=O) groups is 2. The van der Waals surface area contributed by atoms with Crippen molar-refractivity contribution >= 4 is 39.2 Å². The predicted molar refractivity (Wildman–Crippen MR) is 214 cm³/mol. The second-order valence-electron chi connectivity index (χ2n) is 15.3. The van der Waals surface area contributed by atoms with E-state index in [4.69, 9.17) is 4.74 Å². The summed E-state index contributed by atoms with van der Waals surface area (Å²) in [6, 6.07) is 24.4. The van der Waals surface area contributed by atoms with E-state index < -0.39 is 39.5 Å². The number of nitro benzene ring substituents is 1. The van der Waals surface area contributed by atoms with Crippen molar-refractivity contribution in [1.29, 1.82) is 0 Å². The number of rotatable bonds is 10. The minimum Gasteiger partial charge on any atom is -1.00 e. The van der Waals surface area contributed by atoms with Crippen molar-refractivity contribution < 1.29 is 48.3 Å². The molecule has 291 valence electrons. The van der Waals surface area contributed by atoms with E-state index in [1.165, 1.54) is 57.9 Å². The molecule has 0 aliphatic carbocycles. The number of imide groups is 1. The van der Waals surface area contributed by atoms with Gasteiger partial charge in [-0.25, -0.2) is 0 Å². The summed E-state index contributed by atoms with van der Waals surface area (Å²) in [7, 11) is 0. The maximum Gasteiger partial charge on any atom is -1.00 e. The van der Waals surface area contributed by atoms with Crippen LogP contribution in [0.5, 0.6) is 5.75 Å². The molecule has 0 bridgehead atoms. The summed E-state index contributed by atoms with van der Waals surface area (Å²) in [6.45, 7) is 21.6. The number of fused-ring (bicyclic) bond motifs is 1. The van der Waals surface area contributed by atoms with E-state index in [0.717, 1.165) is 23.6 Å². The van der Waals surface area contributed by atoms with Gasteiger partial charge in [0.1, 0.15) is 0 Å². The summed E-state index contributed by atoms with van der Waals surface area (Å²) < 4.78 is 8.64. The van der Waals surface area contributed by atoms with Crippen LogP contribution in [0, 0.1) is 10.1 Å². The molecule has 1 unspecified atom stereocenters. The molecular weight excluding hydrogens is 801 g/mol. The molecule has 55 heavy (non-hydrogen) atoms. The number of anilines is 3. The fourth-order valence-corrected chi connectivity index (χ4v) is 9.96. The van der Waals surface area contributed by atoms with Gasteiger partial charge in [0.05, 0.1) is 0 Å². The number of hydrogen-bond acceptors (Lipinski definition) is 7. The second-order valence-corrected chi connectivity index (χ2v) is 17.3. The van der Waals surface area contributed by atoms with Crippen LogP contribution >= 0.6 is 0 Å². The maximum absolute atomic E-state index is 13.9. The molecule has 4 aromatic carbocycles. The number of carbonyl (C=O) groups excluding carboxylic acids is 2. The molecule has 0 aromatic heterocycles. The summed E-state index contributed by atoms with van der Waals surface area (Å²) >= 11 is -0.499. The largest absolute Gasteiger partial charge is 1.00 e. The van der Waals surface area contributed by atoms with Crippen molar-refractivity contribution in [3.63, 3.8) is 0 Å². The first-order valence-electron chi connectivity index (χ1n) is 18.8. The van der Waals surface area contributed by atoms with Crippen LogP contribution in [-0.2, 0) is 21.5 Å². The number of non-ortho nitro benzene ring substituents is 1. The average molecular weight is 852 g/mol. The van der Waals surface area contributed by atoms with Crippen molar-refractivity contribution in [2.75, 3.05) is 27.8 Å². The number of amides is 2. The monoisotopic (exact) mass is 852 g/mol. The molecule has 0 spiro atoms. The molecule has 2 aliphatic heterocycles.